The molecular formula is C15H25N5O7. The molecule has 0 aromatic heterocycles. The number of primary amides is 1. The Morgan fingerprint density at radius 1 is 1.19 bits per heavy atom. The number of nitrogens with two attached hydrogens (primary N) is 2. The van der Waals surface area contributed by atoms with Crippen molar-refractivity contribution in [3.05, 3.63) is 0 Å². The predicted octanol–water partition coefficient (Wildman–Crippen LogP) is -3.75. The van der Waals surface area contributed by atoms with Gasteiger partial charge >= 0.3 is 5.97 Å². The molecule has 27 heavy (non-hydrogen) atoms. The molecule has 0 radical (unpaired) electrons. The Kier molecular flexibility index (Phi) is 8.62. The third-order valence-corrected chi connectivity index (χ3v) is 4.13. The zero-order chi connectivity index (χ0) is 20.6. The molecule has 12 heteroatoms. The summed E-state index contributed by atoms with van der Waals surface area (Å²) in [5, 5.41) is 22.8. The molecule has 1 fully saturated rings. The van der Waals surface area contributed by atoms with Gasteiger partial charge in [-0.1, -0.05) is 0 Å². The van der Waals surface area contributed by atoms with E-state index in [2.05, 4.69) is 10.6 Å². The fraction of sp³-hybridized carbons (Fsp3) is 0.667. The minimum atomic E-state index is -1.35. The van der Waals surface area contributed by atoms with Crippen molar-refractivity contribution in [2.45, 2.75) is 43.8 Å². The van der Waals surface area contributed by atoms with Gasteiger partial charge in [0.05, 0.1) is 19.2 Å². The molecule has 1 rings (SSSR count). The summed E-state index contributed by atoms with van der Waals surface area (Å²) in [4.78, 5) is 59.0. The van der Waals surface area contributed by atoms with E-state index in [1.54, 1.807) is 0 Å². The average Bonchev–Trinajstić information content (AvgIpc) is 3.11. The smallest absolute Gasteiger partial charge is 0.326 e. The van der Waals surface area contributed by atoms with E-state index in [1.165, 1.54) is 0 Å². The maximum Gasteiger partial charge on any atom is 0.326 e. The molecule has 1 aliphatic heterocycles. The normalized spacial score (nSPS) is 18.4. The average molecular weight is 387 g/mol. The zero-order valence-corrected chi connectivity index (χ0v) is 14.7. The fourth-order valence-electron chi connectivity index (χ4n) is 2.61. The minimum Gasteiger partial charge on any atom is -0.480 e. The van der Waals surface area contributed by atoms with Crippen molar-refractivity contribution in [3.8, 4) is 0 Å². The lowest BCUT2D eigenvalue weighted by atomic mass is 10.1. The highest BCUT2D eigenvalue weighted by molar-refractivity contribution is 5.93. The summed E-state index contributed by atoms with van der Waals surface area (Å²) in [6.45, 7) is -0.932. The van der Waals surface area contributed by atoms with E-state index in [4.69, 9.17) is 16.6 Å². The van der Waals surface area contributed by atoms with Gasteiger partial charge in [-0.25, -0.2) is 4.79 Å². The quantitative estimate of drug-likeness (QED) is 0.219. The number of nitrogens with one attached hydrogen (secondary N) is 2. The van der Waals surface area contributed by atoms with Crippen LogP contribution in [0.5, 0.6) is 0 Å². The first-order valence-electron chi connectivity index (χ1n) is 8.42. The van der Waals surface area contributed by atoms with Gasteiger partial charge in [0.2, 0.25) is 23.6 Å². The van der Waals surface area contributed by atoms with Crippen molar-refractivity contribution >= 4 is 29.6 Å². The third kappa shape index (κ3) is 6.83. The number of likely N-dealkylation sites (tertiary alicyclic amines) is 1. The molecule has 152 valence electrons. The van der Waals surface area contributed by atoms with Crippen LogP contribution in [0.3, 0.4) is 0 Å². The molecular weight excluding hydrogens is 362 g/mol. The largest absolute Gasteiger partial charge is 0.480 e. The number of carbonyl (C=O) groups excluding carboxylic acids is 4. The molecule has 12 nitrogen and oxygen atoms in total. The highest BCUT2D eigenvalue weighted by Crippen LogP contribution is 2.17. The lowest BCUT2D eigenvalue weighted by molar-refractivity contribution is -0.148. The van der Waals surface area contributed by atoms with Gasteiger partial charge < -0.3 is 37.2 Å². The van der Waals surface area contributed by atoms with Gasteiger partial charge in [-0.3, -0.25) is 19.2 Å². The number of aliphatic carboxylic acids is 1. The van der Waals surface area contributed by atoms with E-state index in [9.17, 15) is 29.1 Å². The van der Waals surface area contributed by atoms with Crippen molar-refractivity contribution < 1.29 is 34.2 Å². The van der Waals surface area contributed by atoms with Gasteiger partial charge in [0.1, 0.15) is 12.1 Å². The van der Waals surface area contributed by atoms with Crippen LogP contribution in [-0.2, 0) is 24.0 Å². The molecule has 8 N–H and O–H groups in total. The minimum absolute atomic E-state index is 0.0229. The first-order chi connectivity index (χ1) is 12.7. The number of nitrogens with zero attached hydrogens (tertiary/aromatic N) is 1. The van der Waals surface area contributed by atoms with Crippen LogP contribution < -0.4 is 22.1 Å². The van der Waals surface area contributed by atoms with Crippen molar-refractivity contribution in [1.82, 2.24) is 15.5 Å². The molecule has 1 heterocycles. The first kappa shape index (κ1) is 22.3. The van der Waals surface area contributed by atoms with Crippen LogP contribution in [0.1, 0.15) is 25.7 Å². The number of aliphatic hydroxyl groups excluding tert-OH is 1. The lowest BCUT2D eigenvalue weighted by Crippen LogP contribution is -2.54. The van der Waals surface area contributed by atoms with E-state index < -0.39 is 60.9 Å². The van der Waals surface area contributed by atoms with Crippen LogP contribution in [0, 0.1) is 0 Å². The van der Waals surface area contributed by atoms with Crippen LogP contribution in [0.25, 0.3) is 0 Å². The molecule has 1 aliphatic rings. The van der Waals surface area contributed by atoms with Crippen molar-refractivity contribution in [2.75, 3.05) is 19.7 Å². The Hall–Kier alpha value is -2.73. The van der Waals surface area contributed by atoms with Gasteiger partial charge in [-0.15, -0.1) is 0 Å². The summed E-state index contributed by atoms with van der Waals surface area (Å²) in [6.07, 6.45) is 0.757. The second kappa shape index (κ2) is 10.4. The Bertz CT molecular complexity index is 597. The summed E-state index contributed by atoms with van der Waals surface area (Å²) < 4.78 is 0. The third-order valence-electron chi connectivity index (χ3n) is 4.13. The SMILES string of the molecule is NC(=O)CC[C@H](N)C(=O)N[C@@H](CO)C(=O)NCC(=O)N1CCC[C@H]1C(=O)O. The van der Waals surface area contributed by atoms with Crippen molar-refractivity contribution in [2.24, 2.45) is 11.5 Å². The van der Waals surface area contributed by atoms with Crippen molar-refractivity contribution in [3.63, 3.8) is 0 Å². The summed E-state index contributed by atoms with van der Waals surface area (Å²) in [6, 6.07) is -3.37. The molecule has 0 bridgehead atoms. The number of amides is 4. The topological polar surface area (TPSA) is 205 Å². The van der Waals surface area contributed by atoms with Crippen LogP contribution in [0.2, 0.25) is 0 Å². The van der Waals surface area contributed by atoms with E-state index in [0.29, 0.717) is 12.8 Å². The van der Waals surface area contributed by atoms with Gasteiger partial charge in [0.15, 0.2) is 0 Å². The van der Waals surface area contributed by atoms with Gasteiger partial charge in [-0.05, 0) is 19.3 Å². The number of carboxylic acids is 1. The Morgan fingerprint density at radius 2 is 1.85 bits per heavy atom. The first-order valence-corrected chi connectivity index (χ1v) is 8.42. The fourth-order valence-corrected chi connectivity index (χ4v) is 2.61. The van der Waals surface area contributed by atoms with Crippen LogP contribution in [0.4, 0.5) is 0 Å². The predicted molar refractivity (Wildman–Crippen MR) is 90.8 cm³/mol. The van der Waals surface area contributed by atoms with Crippen LogP contribution in [-0.4, -0.2) is 82.5 Å². The number of hydrogen-bond acceptors (Lipinski definition) is 7. The Balaban J connectivity index is 2.51. The molecule has 0 saturated carbocycles. The van der Waals surface area contributed by atoms with Crippen LogP contribution in [0.15, 0.2) is 0 Å². The van der Waals surface area contributed by atoms with E-state index in [-0.39, 0.29) is 19.4 Å². The molecule has 0 aromatic carbocycles. The number of aliphatic hydroxyl groups is 1. The molecule has 3 atom stereocenters. The Labute approximate surface area is 155 Å². The second-order valence-corrected chi connectivity index (χ2v) is 6.16. The van der Waals surface area contributed by atoms with Gasteiger partial charge in [0.25, 0.3) is 0 Å². The lowest BCUT2D eigenvalue weighted by Gasteiger charge is -2.23. The number of carbonyl (C=O) groups is 5. The summed E-state index contributed by atoms with van der Waals surface area (Å²) in [5.41, 5.74) is 10.5. The monoisotopic (exact) mass is 387 g/mol. The standard InChI is InChI=1S/C15H25N5O7/c16-8(3-4-11(17)22)13(24)19-9(7-21)14(25)18-6-12(23)20-5-1-2-10(20)15(26)27/h8-10,21H,1-7,16H2,(H2,17,22)(H,18,25)(H,19,24)(H,26,27)/t8-,9-,10-/m0/s1. The van der Waals surface area contributed by atoms with Crippen molar-refractivity contribution in [1.29, 1.82) is 0 Å². The number of rotatable bonds is 10. The van der Waals surface area contributed by atoms with Crippen LogP contribution >= 0.6 is 0 Å². The van der Waals surface area contributed by atoms with Gasteiger partial charge in [-0.2, -0.15) is 0 Å². The maximum atomic E-state index is 12.1. The summed E-state index contributed by atoms with van der Waals surface area (Å²) in [7, 11) is 0. The van der Waals surface area contributed by atoms with E-state index in [0.717, 1.165) is 4.90 Å². The highest BCUT2D eigenvalue weighted by atomic mass is 16.4. The van der Waals surface area contributed by atoms with E-state index in [1.807, 2.05) is 0 Å². The molecule has 0 spiro atoms. The molecule has 1 saturated heterocycles. The molecule has 0 unspecified atom stereocenters. The Morgan fingerprint density at radius 3 is 2.41 bits per heavy atom. The second-order valence-electron chi connectivity index (χ2n) is 6.16. The maximum absolute atomic E-state index is 12.1. The molecule has 0 aliphatic carbocycles. The zero-order valence-electron chi connectivity index (χ0n) is 14.7. The van der Waals surface area contributed by atoms with Gasteiger partial charge in [0, 0.05) is 13.0 Å². The number of carboxylic acid groups (broad SMARTS) is 1. The summed E-state index contributed by atoms with van der Waals surface area (Å²) in [5.74, 6) is -3.91. The summed E-state index contributed by atoms with van der Waals surface area (Å²) >= 11 is 0. The van der Waals surface area contributed by atoms with E-state index >= 15 is 0 Å². The molecule has 4 amide bonds. The molecule has 0 aromatic rings. The highest BCUT2D eigenvalue weighted by Gasteiger charge is 2.34. The number of hydrogen-bond donors (Lipinski definition) is 6.